The molecule has 0 spiro atoms. The molecule has 1 aromatic heterocycles. The molecule has 2 aromatic carbocycles. The molecule has 0 unspecified atom stereocenters. The third-order valence-corrected chi connectivity index (χ3v) is 4.91. The summed E-state index contributed by atoms with van der Waals surface area (Å²) in [6, 6.07) is 18.2. The van der Waals surface area contributed by atoms with E-state index < -0.39 is 0 Å². The molecule has 0 aliphatic carbocycles. The van der Waals surface area contributed by atoms with Gasteiger partial charge in [-0.3, -0.25) is 4.79 Å². The Morgan fingerprint density at radius 1 is 1.03 bits per heavy atom. The van der Waals surface area contributed by atoms with Crippen molar-refractivity contribution >= 4 is 16.8 Å². The van der Waals surface area contributed by atoms with E-state index in [-0.39, 0.29) is 12.0 Å². The lowest BCUT2D eigenvalue weighted by atomic mass is 9.99. The summed E-state index contributed by atoms with van der Waals surface area (Å²) in [5.74, 6) is 0.548. The number of nitrogens with one attached hydrogen (secondary N) is 1. The number of carbonyl (C=O) groups excluding carboxylic acids is 1. The van der Waals surface area contributed by atoms with Crippen LogP contribution in [0.2, 0.25) is 0 Å². The van der Waals surface area contributed by atoms with Crippen molar-refractivity contribution in [1.82, 2.24) is 10.3 Å². The number of hydrogen-bond acceptors (Lipinski definition) is 3. The van der Waals surface area contributed by atoms with Crippen molar-refractivity contribution in [3.8, 4) is 11.3 Å². The van der Waals surface area contributed by atoms with Crippen molar-refractivity contribution in [3.05, 3.63) is 65.7 Å². The zero-order valence-electron chi connectivity index (χ0n) is 18.4. The van der Waals surface area contributed by atoms with E-state index in [0.717, 1.165) is 35.0 Å². The minimum Gasteiger partial charge on any atom is -0.379 e. The van der Waals surface area contributed by atoms with Gasteiger partial charge >= 0.3 is 0 Å². The number of fused-ring (bicyclic) bond motifs is 1. The first-order valence-corrected chi connectivity index (χ1v) is 10.8. The number of amides is 1. The normalized spacial score (nSPS) is 11.4. The Morgan fingerprint density at radius 3 is 2.47 bits per heavy atom. The van der Waals surface area contributed by atoms with Crippen LogP contribution >= 0.6 is 0 Å². The van der Waals surface area contributed by atoms with Gasteiger partial charge in [0.15, 0.2) is 0 Å². The Balaban J connectivity index is 1.82. The first-order valence-electron chi connectivity index (χ1n) is 10.8. The summed E-state index contributed by atoms with van der Waals surface area (Å²) in [5.41, 5.74) is 4.64. The van der Waals surface area contributed by atoms with Gasteiger partial charge in [-0.25, -0.2) is 4.98 Å². The van der Waals surface area contributed by atoms with E-state index in [1.54, 1.807) is 0 Å². The molecule has 1 N–H and O–H groups in total. The van der Waals surface area contributed by atoms with E-state index in [0.29, 0.717) is 24.6 Å². The topological polar surface area (TPSA) is 51.2 Å². The molecular weight excluding hydrogens is 372 g/mol. The molecular formula is C26H32N2O2. The molecule has 0 bridgehead atoms. The molecule has 0 atom stereocenters. The number of pyridine rings is 1. The summed E-state index contributed by atoms with van der Waals surface area (Å²) < 4.78 is 5.55. The number of ether oxygens (including phenoxy) is 1. The van der Waals surface area contributed by atoms with Gasteiger partial charge in [0, 0.05) is 24.1 Å². The summed E-state index contributed by atoms with van der Waals surface area (Å²) in [6.45, 7) is 9.69. The second-order valence-electron chi connectivity index (χ2n) is 8.40. The molecule has 4 nitrogen and oxygen atoms in total. The number of hydrogen-bond donors (Lipinski definition) is 1. The van der Waals surface area contributed by atoms with Crippen molar-refractivity contribution < 1.29 is 9.53 Å². The van der Waals surface area contributed by atoms with Crippen LogP contribution in [0.1, 0.15) is 50.0 Å². The van der Waals surface area contributed by atoms with Crippen LogP contribution in [0.3, 0.4) is 0 Å². The number of rotatable bonds is 9. The fourth-order valence-corrected chi connectivity index (χ4v) is 3.48. The molecule has 30 heavy (non-hydrogen) atoms. The van der Waals surface area contributed by atoms with Gasteiger partial charge < -0.3 is 10.1 Å². The SMILES string of the molecule is CC(C)Cc1ccc(-c2cc(C(=O)NCCCOC(C)C)c3ccccc3n2)cc1. The van der Waals surface area contributed by atoms with Crippen LogP contribution in [-0.4, -0.2) is 30.1 Å². The van der Waals surface area contributed by atoms with Gasteiger partial charge in [0.05, 0.1) is 22.9 Å². The van der Waals surface area contributed by atoms with Gasteiger partial charge in [0.25, 0.3) is 5.91 Å². The summed E-state index contributed by atoms with van der Waals surface area (Å²) in [4.78, 5) is 17.7. The van der Waals surface area contributed by atoms with Gasteiger partial charge in [-0.1, -0.05) is 56.3 Å². The first kappa shape index (κ1) is 22.0. The van der Waals surface area contributed by atoms with Crippen molar-refractivity contribution in [1.29, 1.82) is 0 Å². The van der Waals surface area contributed by atoms with Crippen LogP contribution in [0.5, 0.6) is 0 Å². The highest BCUT2D eigenvalue weighted by Gasteiger charge is 2.14. The molecule has 0 radical (unpaired) electrons. The average molecular weight is 405 g/mol. The Labute approximate surface area is 179 Å². The predicted octanol–water partition coefficient (Wildman–Crippen LogP) is 5.65. The summed E-state index contributed by atoms with van der Waals surface area (Å²) in [7, 11) is 0. The highest BCUT2D eigenvalue weighted by atomic mass is 16.5. The maximum Gasteiger partial charge on any atom is 0.252 e. The zero-order chi connectivity index (χ0) is 21.5. The maximum atomic E-state index is 12.9. The average Bonchev–Trinajstić information content (AvgIpc) is 2.72. The van der Waals surface area contributed by atoms with Crippen LogP contribution in [0.15, 0.2) is 54.6 Å². The lowest BCUT2D eigenvalue weighted by molar-refractivity contribution is 0.0757. The molecule has 0 fully saturated rings. The molecule has 3 rings (SSSR count). The second kappa shape index (κ2) is 10.4. The van der Waals surface area contributed by atoms with E-state index in [1.807, 2.05) is 44.2 Å². The van der Waals surface area contributed by atoms with Crippen molar-refractivity contribution in [3.63, 3.8) is 0 Å². The summed E-state index contributed by atoms with van der Waals surface area (Å²) in [6.07, 6.45) is 2.05. The lowest BCUT2D eigenvalue weighted by Crippen LogP contribution is -2.26. The third-order valence-electron chi connectivity index (χ3n) is 4.91. The fourth-order valence-electron chi connectivity index (χ4n) is 3.48. The van der Waals surface area contributed by atoms with Crippen LogP contribution in [-0.2, 0) is 11.2 Å². The van der Waals surface area contributed by atoms with Crippen molar-refractivity contribution in [2.24, 2.45) is 5.92 Å². The number of aromatic nitrogens is 1. The van der Waals surface area contributed by atoms with Gasteiger partial charge in [-0.2, -0.15) is 0 Å². The minimum atomic E-state index is -0.0733. The van der Waals surface area contributed by atoms with Crippen molar-refractivity contribution in [2.75, 3.05) is 13.2 Å². The highest BCUT2D eigenvalue weighted by Crippen LogP contribution is 2.25. The smallest absolute Gasteiger partial charge is 0.252 e. The van der Waals surface area contributed by atoms with Gasteiger partial charge in [0.1, 0.15) is 0 Å². The van der Waals surface area contributed by atoms with E-state index in [9.17, 15) is 4.79 Å². The van der Waals surface area contributed by atoms with Crippen LogP contribution in [0.4, 0.5) is 0 Å². The first-order chi connectivity index (χ1) is 14.4. The number of para-hydroxylation sites is 1. The molecule has 0 aliphatic heterocycles. The maximum absolute atomic E-state index is 12.9. The van der Waals surface area contributed by atoms with Crippen LogP contribution < -0.4 is 5.32 Å². The predicted molar refractivity (Wildman–Crippen MR) is 124 cm³/mol. The Bertz CT molecular complexity index is 978. The van der Waals surface area contributed by atoms with Crippen molar-refractivity contribution in [2.45, 2.75) is 46.6 Å². The number of benzene rings is 2. The van der Waals surface area contributed by atoms with E-state index in [4.69, 9.17) is 9.72 Å². The standard InChI is InChI=1S/C26H32N2O2/c1-18(2)16-20-10-12-21(13-11-20)25-17-23(22-8-5-6-9-24(22)28-25)26(29)27-14-7-15-30-19(3)4/h5-6,8-13,17-19H,7,14-16H2,1-4H3,(H,27,29). The molecule has 158 valence electrons. The van der Waals surface area contributed by atoms with Crippen LogP contribution in [0.25, 0.3) is 22.2 Å². The minimum absolute atomic E-state index is 0.0733. The number of nitrogens with zero attached hydrogens (tertiary/aromatic N) is 1. The molecule has 1 amide bonds. The van der Waals surface area contributed by atoms with E-state index in [1.165, 1.54) is 5.56 Å². The second-order valence-corrected chi connectivity index (χ2v) is 8.40. The summed E-state index contributed by atoms with van der Waals surface area (Å²) in [5, 5.41) is 3.90. The van der Waals surface area contributed by atoms with E-state index in [2.05, 4.69) is 43.4 Å². The Morgan fingerprint density at radius 2 is 1.77 bits per heavy atom. The summed E-state index contributed by atoms with van der Waals surface area (Å²) >= 11 is 0. The largest absolute Gasteiger partial charge is 0.379 e. The lowest BCUT2D eigenvalue weighted by Gasteiger charge is -2.12. The molecule has 0 aliphatic rings. The van der Waals surface area contributed by atoms with Gasteiger partial charge in [0.2, 0.25) is 0 Å². The van der Waals surface area contributed by atoms with Crippen LogP contribution in [0, 0.1) is 5.92 Å². The quantitative estimate of drug-likeness (QED) is 0.469. The number of carbonyl (C=O) groups is 1. The monoisotopic (exact) mass is 404 g/mol. The Kier molecular flexibility index (Phi) is 7.58. The molecule has 4 heteroatoms. The third kappa shape index (κ3) is 5.90. The highest BCUT2D eigenvalue weighted by molar-refractivity contribution is 6.07. The Hall–Kier alpha value is -2.72. The zero-order valence-corrected chi connectivity index (χ0v) is 18.4. The van der Waals surface area contributed by atoms with E-state index >= 15 is 0 Å². The fraction of sp³-hybridized carbons (Fsp3) is 0.385. The molecule has 0 saturated carbocycles. The van der Waals surface area contributed by atoms with Gasteiger partial charge in [-0.15, -0.1) is 0 Å². The molecule has 1 heterocycles. The molecule has 0 saturated heterocycles. The molecule has 3 aromatic rings. The van der Waals surface area contributed by atoms with Gasteiger partial charge in [-0.05, 0) is 50.3 Å².